The lowest BCUT2D eigenvalue weighted by Crippen LogP contribution is -2.36. The second kappa shape index (κ2) is 9.50. The van der Waals surface area contributed by atoms with Crippen molar-refractivity contribution in [3.05, 3.63) is 16.0 Å². The second-order valence-electron chi connectivity index (χ2n) is 6.23. The molecule has 1 heterocycles. The third-order valence-electron chi connectivity index (χ3n) is 4.37. The Hall–Kier alpha value is -2.42. The molecule has 1 saturated carbocycles. The first-order valence-electron chi connectivity index (χ1n) is 8.89. The molecule has 0 bridgehead atoms. The number of carbonyl (C=O) groups excluding carboxylic acids is 4. The molecular formula is C18H24N2O6S. The largest absolute Gasteiger partial charge is 0.465 e. The SMILES string of the molecule is CCOC(=O)C(=O)Nc1sc(C(=O)NC2CCCCC2)c(C)c1C(=O)OC. The van der Waals surface area contributed by atoms with Crippen LogP contribution >= 0.6 is 11.3 Å². The van der Waals surface area contributed by atoms with E-state index in [2.05, 4.69) is 15.4 Å². The molecule has 1 aromatic rings. The summed E-state index contributed by atoms with van der Waals surface area (Å²) < 4.78 is 9.40. The van der Waals surface area contributed by atoms with Crippen LogP contribution in [0.3, 0.4) is 0 Å². The maximum atomic E-state index is 12.7. The third-order valence-corrected chi connectivity index (χ3v) is 5.58. The summed E-state index contributed by atoms with van der Waals surface area (Å²) in [5.41, 5.74) is 0.466. The third kappa shape index (κ3) is 5.06. The molecule has 1 aliphatic carbocycles. The highest BCUT2D eigenvalue weighted by molar-refractivity contribution is 7.18. The van der Waals surface area contributed by atoms with Crippen molar-refractivity contribution >= 4 is 40.1 Å². The molecule has 1 aromatic heterocycles. The Morgan fingerprint density at radius 1 is 1.15 bits per heavy atom. The highest BCUT2D eigenvalue weighted by atomic mass is 32.1. The minimum absolute atomic E-state index is 0.0502. The lowest BCUT2D eigenvalue weighted by atomic mass is 9.95. The van der Waals surface area contributed by atoms with Crippen molar-refractivity contribution in [2.45, 2.75) is 52.0 Å². The first-order chi connectivity index (χ1) is 12.9. The van der Waals surface area contributed by atoms with Gasteiger partial charge in [0.1, 0.15) is 5.00 Å². The number of ether oxygens (including phenoxy) is 2. The van der Waals surface area contributed by atoms with E-state index in [9.17, 15) is 19.2 Å². The number of hydrogen-bond acceptors (Lipinski definition) is 7. The Morgan fingerprint density at radius 2 is 1.81 bits per heavy atom. The van der Waals surface area contributed by atoms with Gasteiger partial charge in [-0.05, 0) is 32.3 Å². The van der Waals surface area contributed by atoms with Crippen LogP contribution in [0, 0.1) is 6.92 Å². The highest BCUT2D eigenvalue weighted by Crippen LogP contribution is 2.34. The first kappa shape index (κ1) is 20.9. The van der Waals surface area contributed by atoms with E-state index in [1.54, 1.807) is 13.8 Å². The van der Waals surface area contributed by atoms with E-state index in [0.717, 1.165) is 37.0 Å². The molecule has 2 rings (SSSR count). The second-order valence-corrected chi connectivity index (χ2v) is 7.26. The van der Waals surface area contributed by atoms with E-state index in [-0.39, 0.29) is 29.1 Å². The van der Waals surface area contributed by atoms with Crippen LogP contribution in [0.1, 0.15) is 64.6 Å². The molecule has 0 unspecified atom stereocenters. The van der Waals surface area contributed by atoms with Gasteiger partial charge in [0.05, 0.1) is 24.2 Å². The molecule has 0 saturated heterocycles. The number of rotatable bonds is 5. The maximum absolute atomic E-state index is 12.7. The molecule has 0 aromatic carbocycles. The lowest BCUT2D eigenvalue weighted by Gasteiger charge is -2.22. The summed E-state index contributed by atoms with van der Waals surface area (Å²) in [5, 5.41) is 5.43. The number of esters is 2. The molecular weight excluding hydrogens is 372 g/mol. The van der Waals surface area contributed by atoms with E-state index < -0.39 is 17.8 Å². The van der Waals surface area contributed by atoms with E-state index in [4.69, 9.17) is 4.74 Å². The molecule has 148 valence electrons. The maximum Gasteiger partial charge on any atom is 0.397 e. The van der Waals surface area contributed by atoms with Crippen LogP contribution in [0.2, 0.25) is 0 Å². The fraction of sp³-hybridized carbons (Fsp3) is 0.556. The molecule has 2 N–H and O–H groups in total. The molecule has 27 heavy (non-hydrogen) atoms. The summed E-state index contributed by atoms with van der Waals surface area (Å²) in [7, 11) is 1.21. The van der Waals surface area contributed by atoms with Gasteiger partial charge in [-0.1, -0.05) is 19.3 Å². The summed E-state index contributed by atoms with van der Waals surface area (Å²) in [4.78, 5) is 48.6. The molecule has 0 spiro atoms. The minimum atomic E-state index is -1.06. The van der Waals surface area contributed by atoms with Crippen LogP contribution in [-0.2, 0) is 19.1 Å². The number of carbonyl (C=O) groups is 4. The number of thiophene rings is 1. The average molecular weight is 396 g/mol. The Balaban J connectivity index is 2.26. The van der Waals surface area contributed by atoms with E-state index in [1.165, 1.54) is 13.5 Å². The Morgan fingerprint density at radius 3 is 2.41 bits per heavy atom. The summed E-state index contributed by atoms with van der Waals surface area (Å²) >= 11 is 0.938. The Bertz CT molecular complexity index is 736. The standard InChI is InChI=1S/C18H24N2O6S/c1-4-26-18(24)15(22)20-16-12(17(23)25-3)10(2)13(27-16)14(21)19-11-8-6-5-7-9-11/h11H,4-9H2,1-3H3,(H,19,21)(H,20,22). The smallest absolute Gasteiger partial charge is 0.397 e. The van der Waals surface area contributed by atoms with Gasteiger partial charge < -0.3 is 20.1 Å². The monoisotopic (exact) mass is 396 g/mol. The first-order valence-corrected chi connectivity index (χ1v) is 9.71. The number of hydrogen-bond donors (Lipinski definition) is 2. The van der Waals surface area contributed by atoms with Crippen LogP contribution < -0.4 is 10.6 Å². The normalized spacial score (nSPS) is 14.3. The minimum Gasteiger partial charge on any atom is -0.465 e. The van der Waals surface area contributed by atoms with Crippen molar-refractivity contribution in [3.63, 3.8) is 0 Å². The molecule has 8 nitrogen and oxygen atoms in total. The molecule has 0 radical (unpaired) electrons. The summed E-state index contributed by atoms with van der Waals surface area (Å²) in [6, 6.07) is 0.104. The van der Waals surface area contributed by atoms with Gasteiger partial charge in [0.2, 0.25) is 0 Å². The van der Waals surface area contributed by atoms with E-state index in [0.29, 0.717) is 10.4 Å². The van der Waals surface area contributed by atoms with Crippen molar-refractivity contribution in [1.29, 1.82) is 0 Å². The quantitative estimate of drug-likeness (QED) is 0.584. The van der Waals surface area contributed by atoms with Crippen molar-refractivity contribution in [2.75, 3.05) is 19.0 Å². The van der Waals surface area contributed by atoms with Crippen molar-refractivity contribution in [1.82, 2.24) is 5.32 Å². The van der Waals surface area contributed by atoms with Gasteiger partial charge in [0, 0.05) is 6.04 Å². The van der Waals surface area contributed by atoms with Crippen LogP contribution in [0.25, 0.3) is 0 Å². The van der Waals surface area contributed by atoms with Gasteiger partial charge in [0.25, 0.3) is 5.91 Å². The molecule has 0 atom stereocenters. The zero-order chi connectivity index (χ0) is 20.0. The zero-order valence-corrected chi connectivity index (χ0v) is 16.5. The van der Waals surface area contributed by atoms with Gasteiger partial charge in [-0.25, -0.2) is 9.59 Å². The number of amides is 2. The number of methoxy groups -OCH3 is 1. The van der Waals surface area contributed by atoms with Crippen LogP contribution in [0.4, 0.5) is 5.00 Å². The summed E-state index contributed by atoms with van der Waals surface area (Å²) in [6.07, 6.45) is 5.16. The fourth-order valence-corrected chi connectivity index (χ4v) is 4.11. The molecule has 1 fully saturated rings. The average Bonchev–Trinajstić information content (AvgIpc) is 2.98. The van der Waals surface area contributed by atoms with Crippen LogP contribution in [0.5, 0.6) is 0 Å². The molecule has 9 heteroatoms. The Labute approximate surface area is 161 Å². The fourth-order valence-electron chi connectivity index (χ4n) is 3.01. The number of anilines is 1. The van der Waals surface area contributed by atoms with Crippen LogP contribution in [0.15, 0.2) is 0 Å². The van der Waals surface area contributed by atoms with E-state index >= 15 is 0 Å². The Kier molecular flexibility index (Phi) is 7.35. The topological polar surface area (TPSA) is 111 Å². The number of nitrogens with one attached hydrogen (secondary N) is 2. The zero-order valence-electron chi connectivity index (χ0n) is 15.7. The molecule has 2 amide bonds. The van der Waals surface area contributed by atoms with E-state index in [1.807, 2.05) is 0 Å². The predicted octanol–water partition coefficient (Wildman–Crippen LogP) is 2.41. The van der Waals surface area contributed by atoms with Gasteiger partial charge in [-0.2, -0.15) is 0 Å². The summed E-state index contributed by atoms with van der Waals surface area (Å²) in [6.45, 7) is 3.24. The van der Waals surface area contributed by atoms with Crippen molar-refractivity contribution in [2.24, 2.45) is 0 Å². The summed E-state index contributed by atoms with van der Waals surface area (Å²) in [5.74, 6) is -3.07. The van der Waals surface area contributed by atoms with Crippen molar-refractivity contribution < 1.29 is 28.7 Å². The van der Waals surface area contributed by atoms with Gasteiger partial charge in [-0.3, -0.25) is 9.59 Å². The highest BCUT2D eigenvalue weighted by Gasteiger charge is 2.29. The van der Waals surface area contributed by atoms with Gasteiger partial charge >= 0.3 is 17.8 Å². The predicted molar refractivity (Wildman–Crippen MR) is 100.0 cm³/mol. The molecule has 0 aliphatic heterocycles. The van der Waals surface area contributed by atoms with Crippen LogP contribution in [-0.4, -0.2) is 43.5 Å². The molecule has 1 aliphatic rings. The lowest BCUT2D eigenvalue weighted by molar-refractivity contribution is -0.152. The van der Waals surface area contributed by atoms with Gasteiger partial charge in [0.15, 0.2) is 0 Å². The van der Waals surface area contributed by atoms with Gasteiger partial charge in [-0.15, -0.1) is 11.3 Å². The van der Waals surface area contributed by atoms with Crippen molar-refractivity contribution in [3.8, 4) is 0 Å².